The third-order valence-corrected chi connectivity index (χ3v) is 12.7. The van der Waals surface area contributed by atoms with Crippen molar-refractivity contribution >= 4 is 92.4 Å². The molecular formula is C54H33NO2S. The Morgan fingerprint density at radius 2 is 0.983 bits per heavy atom. The molecular weight excluding hydrogens is 727 g/mol. The fourth-order valence-electron chi connectivity index (χ4n) is 8.84. The number of anilines is 3. The Balaban J connectivity index is 1.08. The molecule has 0 fully saturated rings. The standard InChI is InChI=1S/C54H33NO2S/c1-3-13-34(14-4-1)35-25-29-38(30-26-35)55(39-31-27-36(28-32-39)40-19-11-20-42-41-17-8-10-24-49(41)58-54(40)42)45-21-12-23-47-51(45)44-33-48-52(43-18-7-9-22-46(43)56-48)50(53(44)57-47)37-15-5-2-6-16-37/h1-33H. The topological polar surface area (TPSA) is 29.5 Å². The summed E-state index contributed by atoms with van der Waals surface area (Å²) in [5.74, 6) is 0. The van der Waals surface area contributed by atoms with E-state index in [1.54, 1.807) is 0 Å². The predicted molar refractivity (Wildman–Crippen MR) is 245 cm³/mol. The van der Waals surface area contributed by atoms with Crippen molar-refractivity contribution in [3.05, 3.63) is 200 Å². The quantitative estimate of drug-likeness (QED) is 0.169. The first-order valence-electron chi connectivity index (χ1n) is 19.6. The summed E-state index contributed by atoms with van der Waals surface area (Å²) in [6.45, 7) is 0. The average molecular weight is 760 g/mol. The lowest BCUT2D eigenvalue weighted by molar-refractivity contribution is 0.664. The highest BCUT2D eigenvalue weighted by atomic mass is 32.1. The lowest BCUT2D eigenvalue weighted by Gasteiger charge is -2.26. The minimum Gasteiger partial charge on any atom is -0.456 e. The molecule has 0 aliphatic carbocycles. The highest BCUT2D eigenvalue weighted by molar-refractivity contribution is 7.26. The molecule has 0 atom stereocenters. The van der Waals surface area contributed by atoms with Gasteiger partial charge in [-0.2, -0.15) is 0 Å². The second-order valence-electron chi connectivity index (χ2n) is 14.8. The minimum atomic E-state index is 0.820. The maximum absolute atomic E-state index is 6.98. The second-order valence-corrected chi connectivity index (χ2v) is 15.8. The Morgan fingerprint density at radius 1 is 0.379 bits per heavy atom. The van der Waals surface area contributed by atoms with Gasteiger partial charge in [-0.25, -0.2) is 0 Å². The van der Waals surface area contributed by atoms with Crippen molar-refractivity contribution in [2.75, 3.05) is 4.90 Å². The molecule has 0 saturated carbocycles. The number of furan rings is 2. The average Bonchev–Trinajstić information content (AvgIpc) is 3.98. The van der Waals surface area contributed by atoms with Crippen LogP contribution in [0, 0.1) is 0 Å². The predicted octanol–water partition coefficient (Wildman–Crippen LogP) is 16.3. The van der Waals surface area contributed by atoms with Crippen molar-refractivity contribution in [1.29, 1.82) is 0 Å². The Kier molecular flexibility index (Phi) is 7.40. The van der Waals surface area contributed by atoms with Gasteiger partial charge in [-0.05, 0) is 82.4 Å². The Labute approximate surface area is 338 Å². The molecule has 0 spiro atoms. The van der Waals surface area contributed by atoms with Gasteiger partial charge in [0.15, 0.2) is 0 Å². The summed E-state index contributed by atoms with van der Waals surface area (Å²) in [5, 5.41) is 6.78. The van der Waals surface area contributed by atoms with Crippen molar-refractivity contribution in [2.24, 2.45) is 0 Å². The molecule has 12 aromatic rings. The summed E-state index contributed by atoms with van der Waals surface area (Å²) in [6.07, 6.45) is 0. The first-order chi connectivity index (χ1) is 28.8. The molecule has 0 N–H and O–H groups in total. The number of hydrogen-bond acceptors (Lipinski definition) is 4. The maximum atomic E-state index is 6.98. The molecule has 272 valence electrons. The molecule has 3 aromatic heterocycles. The van der Waals surface area contributed by atoms with Crippen LogP contribution in [0.2, 0.25) is 0 Å². The normalized spacial score (nSPS) is 11.8. The summed E-state index contributed by atoms with van der Waals surface area (Å²) in [5.41, 5.74) is 13.4. The van der Waals surface area contributed by atoms with E-state index in [-0.39, 0.29) is 0 Å². The summed E-state index contributed by atoms with van der Waals surface area (Å²) >= 11 is 1.86. The zero-order chi connectivity index (χ0) is 38.2. The van der Waals surface area contributed by atoms with E-state index in [9.17, 15) is 0 Å². The smallest absolute Gasteiger partial charge is 0.144 e. The van der Waals surface area contributed by atoms with Crippen LogP contribution in [0.15, 0.2) is 209 Å². The second kappa shape index (κ2) is 13.1. The molecule has 12 rings (SSSR count). The van der Waals surface area contributed by atoms with E-state index >= 15 is 0 Å². The summed E-state index contributed by atoms with van der Waals surface area (Å²) in [4.78, 5) is 2.36. The summed E-state index contributed by atoms with van der Waals surface area (Å²) in [6, 6.07) is 71.2. The van der Waals surface area contributed by atoms with Crippen molar-refractivity contribution in [3.8, 4) is 33.4 Å². The number of nitrogens with zero attached hydrogens (tertiary/aromatic N) is 1. The molecule has 3 nitrogen and oxygen atoms in total. The van der Waals surface area contributed by atoms with Gasteiger partial charge in [0.05, 0.1) is 11.1 Å². The van der Waals surface area contributed by atoms with Gasteiger partial charge in [-0.1, -0.05) is 146 Å². The van der Waals surface area contributed by atoms with Crippen LogP contribution in [-0.2, 0) is 0 Å². The SMILES string of the molecule is c1ccc(-c2ccc(N(c3ccc(-c4cccc5c4sc4ccccc45)cc3)c3cccc4oc5c(-c6ccccc6)c6c(cc5c34)oc3ccccc36)cc2)cc1. The Morgan fingerprint density at radius 3 is 1.76 bits per heavy atom. The molecule has 0 aliphatic rings. The van der Waals surface area contributed by atoms with Gasteiger partial charge in [0.2, 0.25) is 0 Å². The van der Waals surface area contributed by atoms with Crippen molar-refractivity contribution in [3.63, 3.8) is 0 Å². The lowest BCUT2D eigenvalue weighted by atomic mass is 9.96. The molecule has 3 heterocycles. The molecule has 0 saturated heterocycles. The van der Waals surface area contributed by atoms with Gasteiger partial charge in [-0.15, -0.1) is 11.3 Å². The van der Waals surface area contributed by atoms with Crippen molar-refractivity contribution < 1.29 is 8.83 Å². The van der Waals surface area contributed by atoms with Crippen LogP contribution in [0.25, 0.3) is 97.4 Å². The van der Waals surface area contributed by atoms with E-state index in [4.69, 9.17) is 8.83 Å². The molecule has 0 radical (unpaired) electrons. The largest absolute Gasteiger partial charge is 0.456 e. The third-order valence-electron chi connectivity index (χ3n) is 11.5. The highest BCUT2D eigenvalue weighted by Crippen LogP contribution is 2.49. The number of benzene rings is 9. The number of hydrogen-bond donors (Lipinski definition) is 0. The van der Waals surface area contributed by atoms with Crippen LogP contribution in [0.4, 0.5) is 17.1 Å². The van der Waals surface area contributed by atoms with Gasteiger partial charge in [0, 0.05) is 53.3 Å². The molecule has 9 aromatic carbocycles. The summed E-state index contributed by atoms with van der Waals surface area (Å²) in [7, 11) is 0. The number of thiophene rings is 1. The first kappa shape index (κ1) is 32.8. The first-order valence-corrected chi connectivity index (χ1v) is 20.4. The van der Waals surface area contributed by atoms with Crippen LogP contribution >= 0.6 is 11.3 Å². The number of fused-ring (bicyclic) bond motifs is 9. The van der Waals surface area contributed by atoms with E-state index in [0.29, 0.717) is 0 Å². The Bertz CT molecular complexity index is 3490. The Hall–Kier alpha value is -7.40. The zero-order valence-corrected chi connectivity index (χ0v) is 32.0. The van der Waals surface area contributed by atoms with Crippen LogP contribution < -0.4 is 4.90 Å². The van der Waals surface area contributed by atoms with E-state index in [0.717, 1.165) is 72.1 Å². The fraction of sp³-hybridized carbons (Fsp3) is 0. The van der Waals surface area contributed by atoms with E-state index in [1.165, 1.54) is 42.4 Å². The number of para-hydroxylation sites is 1. The summed E-state index contributed by atoms with van der Waals surface area (Å²) < 4.78 is 16.2. The van der Waals surface area contributed by atoms with Crippen LogP contribution in [-0.4, -0.2) is 0 Å². The third kappa shape index (κ3) is 5.12. The number of rotatable bonds is 6. The van der Waals surface area contributed by atoms with Gasteiger partial charge in [0.1, 0.15) is 22.3 Å². The molecule has 0 aliphatic heterocycles. The van der Waals surface area contributed by atoms with Gasteiger partial charge >= 0.3 is 0 Å². The van der Waals surface area contributed by atoms with Gasteiger partial charge in [-0.3, -0.25) is 0 Å². The van der Waals surface area contributed by atoms with Crippen LogP contribution in [0.3, 0.4) is 0 Å². The zero-order valence-electron chi connectivity index (χ0n) is 31.2. The van der Waals surface area contributed by atoms with Crippen molar-refractivity contribution in [2.45, 2.75) is 0 Å². The monoisotopic (exact) mass is 759 g/mol. The maximum Gasteiger partial charge on any atom is 0.144 e. The molecule has 0 amide bonds. The van der Waals surface area contributed by atoms with Crippen LogP contribution in [0.1, 0.15) is 0 Å². The lowest BCUT2D eigenvalue weighted by Crippen LogP contribution is -2.10. The molecule has 58 heavy (non-hydrogen) atoms. The van der Waals surface area contributed by atoms with Gasteiger partial charge in [0.25, 0.3) is 0 Å². The fourth-order valence-corrected chi connectivity index (χ4v) is 10.1. The van der Waals surface area contributed by atoms with E-state index < -0.39 is 0 Å². The molecule has 0 unspecified atom stereocenters. The van der Waals surface area contributed by atoms with E-state index in [2.05, 4.69) is 193 Å². The van der Waals surface area contributed by atoms with Crippen LogP contribution in [0.5, 0.6) is 0 Å². The van der Waals surface area contributed by atoms with E-state index in [1.807, 2.05) is 23.5 Å². The van der Waals surface area contributed by atoms with Gasteiger partial charge < -0.3 is 13.7 Å². The molecule has 4 heteroatoms. The minimum absolute atomic E-state index is 0.820. The molecule has 0 bridgehead atoms. The van der Waals surface area contributed by atoms with Crippen molar-refractivity contribution in [1.82, 2.24) is 0 Å². The highest BCUT2D eigenvalue weighted by Gasteiger charge is 2.25.